The van der Waals surface area contributed by atoms with Crippen LogP contribution in [0.15, 0.2) is 97.3 Å². The Morgan fingerprint density at radius 2 is 1.15 bits per heavy atom. The second-order valence-electron chi connectivity index (χ2n) is 15.4. The van der Waals surface area contributed by atoms with E-state index in [1.54, 1.807) is 50.4 Å². The molecule has 352 valence electrons. The summed E-state index contributed by atoms with van der Waals surface area (Å²) in [6.45, 7) is 12.9. The zero-order chi connectivity index (χ0) is 49.9. The molecule has 4 amide bonds. The van der Waals surface area contributed by atoms with E-state index < -0.39 is 54.0 Å². The summed E-state index contributed by atoms with van der Waals surface area (Å²) in [5.74, 6) is -1.11. The van der Waals surface area contributed by atoms with Gasteiger partial charge in [-0.3, -0.25) is 19.2 Å². The fourth-order valence-electron chi connectivity index (χ4n) is 5.32. The number of carbonyl (C=O) groups is 4. The Labute approximate surface area is 393 Å². The molecule has 20 nitrogen and oxygen atoms in total. The summed E-state index contributed by atoms with van der Waals surface area (Å²) in [7, 11) is -0.514. The highest BCUT2D eigenvalue weighted by atomic mass is 35.5. The van der Waals surface area contributed by atoms with Gasteiger partial charge in [0.2, 0.25) is 34.5 Å². The first kappa shape index (κ1) is 51.0. The molecule has 1 aliphatic heterocycles. The van der Waals surface area contributed by atoms with Gasteiger partial charge < -0.3 is 52.4 Å². The van der Waals surface area contributed by atoms with Gasteiger partial charge in [-0.1, -0.05) is 6.07 Å². The van der Waals surface area contributed by atoms with Gasteiger partial charge in [0.1, 0.15) is 63.8 Å². The van der Waals surface area contributed by atoms with Crippen LogP contribution >= 0.6 is 11.6 Å². The first-order valence-electron chi connectivity index (χ1n) is 20.1. The van der Waals surface area contributed by atoms with Crippen LogP contribution in [-0.4, -0.2) is 83.9 Å². The Balaban J connectivity index is 0.000000199. The average molecular weight is 954 g/mol. The number of aromatic nitrogens is 6. The van der Waals surface area contributed by atoms with Crippen molar-refractivity contribution in [2.24, 2.45) is 22.9 Å². The molecule has 0 radical (unpaired) electrons. The molecule has 1 unspecified atom stereocenters. The number of anilines is 2. The van der Waals surface area contributed by atoms with Crippen molar-refractivity contribution in [1.82, 2.24) is 29.9 Å². The van der Waals surface area contributed by atoms with Gasteiger partial charge in [-0.25, -0.2) is 38.7 Å². The molecule has 6 aromatic rings. The van der Waals surface area contributed by atoms with Crippen molar-refractivity contribution < 1.29 is 46.7 Å². The van der Waals surface area contributed by atoms with E-state index in [2.05, 4.69) is 47.5 Å². The number of hydrogen-bond donors (Lipinski definition) is 6. The lowest BCUT2D eigenvalue weighted by atomic mass is 9.80. The van der Waals surface area contributed by atoms with Gasteiger partial charge in [-0.05, 0) is 93.9 Å². The molecule has 0 saturated carbocycles. The van der Waals surface area contributed by atoms with E-state index in [0.29, 0.717) is 22.9 Å². The summed E-state index contributed by atoms with van der Waals surface area (Å²) in [5, 5.41) is 5.30. The first-order valence-corrected chi connectivity index (χ1v) is 20.5. The maximum atomic E-state index is 13.0. The fourth-order valence-corrected chi connectivity index (χ4v) is 5.50. The van der Waals surface area contributed by atoms with E-state index in [0.717, 1.165) is 5.46 Å². The van der Waals surface area contributed by atoms with Gasteiger partial charge in [0.15, 0.2) is 5.82 Å². The van der Waals surface area contributed by atoms with E-state index in [1.165, 1.54) is 54.7 Å². The fraction of sp³-hybridized carbons (Fsp3) is 0.205. The van der Waals surface area contributed by atoms with Crippen LogP contribution in [0.4, 0.5) is 20.4 Å². The minimum Gasteiger partial charge on any atom is -0.439 e. The highest BCUT2D eigenvalue weighted by molar-refractivity contribution is 6.62. The average Bonchev–Trinajstić information content (AvgIpc) is 3.51. The topological polar surface area (TPSA) is 311 Å². The van der Waals surface area contributed by atoms with Crippen LogP contribution in [0.2, 0.25) is 5.28 Å². The van der Waals surface area contributed by atoms with E-state index in [9.17, 15) is 28.0 Å². The predicted molar refractivity (Wildman–Crippen MR) is 246 cm³/mol. The third-order valence-corrected chi connectivity index (χ3v) is 9.82. The van der Waals surface area contributed by atoms with E-state index in [-0.39, 0.29) is 51.6 Å². The van der Waals surface area contributed by atoms with Gasteiger partial charge in [0.25, 0.3) is 11.8 Å². The number of hydrogen-bond acceptors (Lipinski definition) is 16. The second-order valence-corrected chi connectivity index (χ2v) is 15.7. The third-order valence-electron chi connectivity index (χ3n) is 9.65. The number of amides is 4. The van der Waals surface area contributed by atoms with Crippen molar-refractivity contribution in [1.29, 1.82) is 0 Å². The van der Waals surface area contributed by atoms with Gasteiger partial charge >= 0.3 is 7.12 Å². The summed E-state index contributed by atoms with van der Waals surface area (Å²) in [6, 6.07) is 19.2. The third kappa shape index (κ3) is 14.2. The van der Waals surface area contributed by atoms with Gasteiger partial charge in [0.05, 0.1) is 6.92 Å². The van der Waals surface area contributed by atoms with Crippen LogP contribution in [0.3, 0.4) is 0 Å². The summed E-state index contributed by atoms with van der Waals surface area (Å²) < 4.78 is 48.7. The molecule has 1 saturated heterocycles. The Bertz CT molecular complexity index is 2730. The molecule has 2 aromatic carbocycles. The van der Waals surface area contributed by atoms with Crippen LogP contribution in [0, 0.1) is 18.6 Å². The van der Waals surface area contributed by atoms with E-state index in [4.69, 9.17) is 53.3 Å². The maximum Gasteiger partial charge on any atom is 0.499 e. The number of primary amides is 4. The Morgan fingerprint density at radius 1 is 0.676 bits per heavy atom. The van der Waals surface area contributed by atoms with Gasteiger partial charge in [0, 0.05) is 54.6 Å². The number of nitrogens with one attached hydrogen (secondary N) is 2. The highest BCUT2D eigenvalue weighted by Crippen LogP contribution is 2.36. The van der Waals surface area contributed by atoms with E-state index >= 15 is 0 Å². The molecular weight excluding hydrogens is 909 g/mol. The molecule has 3 atom stereocenters. The molecule has 24 heteroatoms. The minimum absolute atomic E-state index is 0.0409. The molecule has 5 heterocycles. The van der Waals surface area contributed by atoms with Gasteiger partial charge in [-0.15, -0.1) is 0 Å². The van der Waals surface area contributed by atoms with E-state index in [1.807, 2.05) is 26.8 Å². The molecule has 4 aromatic heterocycles. The predicted octanol–water partition coefficient (Wildman–Crippen LogP) is 4.50. The molecule has 10 N–H and O–H groups in total. The molecular formula is C44H45BClF2N12O8+. The number of halogens is 3. The Kier molecular flexibility index (Phi) is 16.5. The normalized spacial score (nSPS) is 15.5. The molecule has 0 spiro atoms. The Hall–Kier alpha value is -8.02. The SMILES string of the molecule is C[C@H](Nc1cc(C(N)=O)nc(-c2ccc(Oc3ccc(F)cc3)nc2)n1)C(N)=O.C[C@H](Nc1cc(C(N)=O)nc(Cl)n1)C(N)=O.[CH2+]C1(C)OB(c2ccc(Oc3ccc(F)cc3)nc2)OC1(C)C. The molecule has 0 bridgehead atoms. The lowest BCUT2D eigenvalue weighted by Crippen LogP contribution is -2.42. The molecule has 68 heavy (non-hydrogen) atoms. The summed E-state index contributed by atoms with van der Waals surface area (Å²) in [4.78, 5) is 68.7. The van der Waals surface area contributed by atoms with Crippen molar-refractivity contribution in [3.8, 4) is 34.6 Å². The Morgan fingerprint density at radius 3 is 1.56 bits per heavy atom. The zero-order valence-corrected chi connectivity index (χ0v) is 37.8. The van der Waals surface area contributed by atoms with Crippen molar-refractivity contribution in [2.45, 2.75) is 57.9 Å². The molecule has 1 aliphatic rings. The lowest BCUT2D eigenvalue weighted by molar-refractivity contribution is -0.119. The number of rotatable bonds is 14. The quantitative estimate of drug-likeness (QED) is 0.0498. The summed E-state index contributed by atoms with van der Waals surface area (Å²) >= 11 is 5.57. The number of ether oxygens (including phenoxy) is 2. The van der Waals surface area contributed by atoms with Crippen molar-refractivity contribution in [2.75, 3.05) is 10.6 Å². The maximum absolute atomic E-state index is 13.0. The second kappa shape index (κ2) is 22.0. The molecule has 1 fully saturated rings. The number of nitrogens with two attached hydrogens (primary N) is 4. The van der Waals surface area contributed by atoms with Gasteiger partial charge in [-0.2, -0.15) is 0 Å². The number of nitrogens with zero attached hydrogens (tertiary/aromatic N) is 6. The first-order chi connectivity index (χ1) is 32.0. The van der Waals surface area contributed by atoms with Crippen LogP contribution in [-0.2, 0) is 18.9 Å². The minimum atomic E-state index is -0.757. The van der Waals surface area contributed by atoms with Crippen LogP contribution in [0.25, 0.3) is 11.4 Å². The monoisotopic (exact) mass is 953 g/mol. The van der Waals surface area contributed by atoms with Crippen LogP contribution < -0.4 is 48.5 Å². The number of benzene rings is 2. The largest absolute Gasteiger partial charge is 0.499 e. The standard InChI is InChI=1S/C19H17FN6O3.C17H18BFNO3.C8H10ClN5O2/c1-10(17(21)27)24-15-8-14(18(22)28)25-19(26-15)11-2-7-16(23-9-11)29-13-5-3-12(20)4-6-13;1-16(2)17(3,4)23-18(22-16)12-5-10-15(20-11-12)21-14-8-6-13(19)7-9-14;1-3(6(10)15)12-5-2-4(7(11)16)13-8(9)14-5/h2-10H,1H3,(H2,21,27)(H2,22,28)(H,24,25,26);5-11H,1H2,2-4H3;2-3H,1H3,(H2,10,15)(H2,11,16)(H,12,13,14)/q;+1;/t10-;;3-/m0.0/s1. The van der Waals surface area contributed by atoms with Crippen molar-refractivity contribution >= 4 is 59.4 Å². The summed E-state index contributed by atoms with van der Waals surface area (Å²) in [5.41, 5.74) is 20.7. The lowest BCUT2D eigenvalue weighted by Gasteiger charge is -2.25. The highest BCUT2D eigenvalue weighted by Gasteiger charge is 2.57. The van der Waals surface area contributed by atoms with Crippen LogP contribution in [0.5, 0.6) is 23.3 Å². The molecule has 7 rings (SSSR count). The zero-order valence-electron chi connectivity index (χ0n) is 37.1. The van der Waals surface area contributed by atoms with Crippen molar-refractivity contribution in [3.63, 3.8) is 0 Å². The van der Waals surface area contributed by atoms with Crippen molar-refractivity contribution in [3.05, 3.63) is 133 Å². The molecule has 0 aliphatic carbocycles. The van der Waals surface area contributed by atoms with Crippen LogP contribution in [0.1, 0.15) is 55.6 Å². The number of carbonyl (C=O) groups excluding carboxylic acids is 4. The smallest absolute Gasteiger partial charge is 0.439 e. The summed E-state index contributed by atoms with van der Waals surface area (Å²) in [6.07, 6.45) is 3.08. The number of pyridine rings is 2.